The Morgan fingerprint density at radius 2 is 0.971 bits per heavy atom. The molecule has 0 aliphatic heterocycles. The molecule has 0 unspecified atom stereocenters. The largest absolute Gasteiger partial charge is 0.508 e. The van der Waals surface area contributed by atoms with Crippen molar-refractivity contribution in [1.29, 1.82) is 0 Å². The van der Waals surface area contributed by atoms with Gasteiger partial charge in [0.25, 0.3) is 0 Å². The molecular weight excluding hydrogens is 432 g/mol. The number of esters is 1. The van der Waals surface area contributed by atoms with Gasteiger partial charge in [0.05, 0.1) is 6.61 Å². The minimum Gasteiger partial charge on any atom is -0.508 e. The van der Waals surface area contributed by atoms with Crippen LogP contribution in [0.1, 0.15) is 154 Å². The molecule has 3 nitrogen and oxygen atoms in total. The number of carbonyl (C=O) groups excluding carboxylic acids is 1. The Kier molecular flexibility index (Phi) is 21.8. The normalized spacial score (nSPS) is 11.1. The molecule has 0 saturated carbocycles. The van der Waals surface area contributed by atoms with Gasteiger partial charge in [-0.05, 0) is 24.1 Å². The third-order valence-corrected chi connectivity index (χ3v) is 7.07. The van der Waals surface area contributed by atoms with Crippen molar-refractivity contribution in [3.63, 3.8) is 0 Å². The number of ether oxygens (including phenoxy) is 1. The highest BCUT2D eigenvalue weighted by Gasteiger charge is 2.03. The molecule has 0 aliphatic carbocycles. The van der Waals surface area contributed by atoms with E-state index >= 15 is 0 Å². The van der Waals surface area contributed by atoms with Gasteiger partial charge in [0.15, 0.2) is 0 Å². The van der Waals surface area contributed by atoms with Crippen molar-refractivity contribution in [2.75, 3.05) is 6.61 Å². The summed E-state index contributed by atoms with van der Waals surface area (Å²) in [7, 11) is 0. The molecule has 0 saturated heterocycles. The van der Waals surface area contributed by atoms with Crippen molar-refractivity contribution in [1.82, 2.24) is 0 Å². The highest BCUT2D eigenvalue weighted by Crippen LogP contribution is 2.15. The quantitative estimate of drug-likeness (QED) is 0.110. The first kappa shape index (κ1) is 31.5. The van der Waals surface area contributed by atoms with Crippen molar-refractivity contribution < 1.29 is 14.6 Å². The molecule has 1 aromatic carbocycles. The first-order valence-corrected chi connectivity index (χ1v) is 15.2. The van der Waals surface area contributed by atoms with E-state index in [1.54, 1.807) is 12.1 Å². The average molecular weight is 489 g/mol. The highest BCUT2D eigenvalue weighted by atomic mass is 16.5. The lowest BCUT2D eigenvalue weighted by Crippen LogP contribution is -2.07. The van der Waals surface area contributed by atoms with Gasteiger partial charge < -0.3 is 9.84 Å². The predicted molar refractivity (Wildman–Crippen MR) is 150 cm³/mol. The zero-order valence-electron chi connectivity index (χ0n) is 23.0. The fourth-order valence-corrected chi connectivity index (χ4v) is 4.72. The van der Waals surface area contributed by atoms with Crippen LogP contribution in [0.3, 0.4) is 0 Å². The smallest absolute Gasteiger partial charge is 0.305 e. The lowest BCUT2D eigenvalue weighted by atomic mass is 10.0. The van der Waals surface area contributed by atoms with Crippen LogP contribution in [0.25, 0.3) is 0 Å². The van der Waals surface area contributed by atoms with Crippen molar-refractivity contribution in [2.45, 2.75) is 155 Å². The zero-order valence-corrected chi connectivity index (χ0v) is 23.0. The number of benzene rings is 1. The summed E-state index contributed by atoms with van der Waals surface area (Å²) in [5.41, 5.74) is 1.07. The van der Waals surface area contributed by atoms with E-state index in [2.05, 4.69) is 6.92 Å². The Balaban J connectivity index is 1.72. The van der Waals surface area contributed by atoms with Crippen LogP contribution >= 0.6 is 0 Å². The van der Waals surface area contributed by atoms with Crippen molar-refractivity contribution in [3.8, 4) is 5.75 Å². The Labute approximate surface area is 217 Å². The van der Waals surface area contributed by atoms with Crippen LogP contribution in [0.15, 0.2) is 24.3 Å². The standard InChI is InChI=1S/C32H56O3/c1-2-3-4-5-6-7-8-9-10-11-12-13-14-15-16-17-18-19-20-21-22-23-32(34)35-29-28-30-24-26-31(33)27-25-30/h24-27,33H,2-23,28-29H2,1H3. The lowest BCUT2D eigenvalue weighted by Gasteiger charge is -2.06. The van der Waals surface area contributed by atoms with Gasteiger partial charge in [-0.3, -0.25) is 4.79 Å². The molecule has 0 atom stereocenters. The molecule has 0 fully saturated rings. The minimum absolute atomic E-state index is 0.0819. The second-order valence-corrected chi connectivity index (χ2v) is 10.5. The number of rotatable bonds is 25. The monoisotopic (exact) mass is 488 g/mol. The van der Waals surface area contributed by atoms with E-state index in [1.165, 1.54) is 122 Å². The van der Waals surface area contributed by atoms with Crippen LogP contribution in [0.5, 0.6) is 5.75 Å². The zero-order chi connectivity index (χ0) is 25.2. The van der Waals surface area contributed by atoms with Crippen LogP contribution in [0.2, 0.25) is 0 Å². The Bertz CT molecular complexity index is 581. The molecule has 1 rings (SSSR count). The summed E-state index contributed by atoms with van der Waals surface area (Å²) >= 11 is 0. The minimum atomic E-state index is -0.0819. The van der Waals surface area contributed by atoms with E-state index in [-0.39, 0.29) is 11.7 Å². The summed E-state index contributed by atoms with van der Waals surface area (Å²) in [6.45, 7) is 2.71. The van der Waals surface area contributed by atoms with Gasteiger partial charge in [-0.25, -0.2) is 0 Å². The maximum absolute atomic E-state index is 11.8. The topological polar surface area (TPSA) is 46.5 Å². The fraction of sp³-hybridized carbons (Fsp3) is 0.781. The summed E-state index contributed by atoms with van der Waals surface area (Å²) in [5.74, 6) is 0.183. The lowest BCUT2D eigenvalue weighted by molar-refractivity contribution is -0.143. The number of carbonyl (C=O) groups is 1. The second-order valence-electron chi connectivity index (χ2n) is 10.5. The first-order chi connectivity index (χ1) is 17.2. The summed E-state index contributed by atoms with van der Waals surface area (Å²) in [4.78, 5) is 11.8. The first-order valence-electron chi connectivity index (χ1n) is 15.2. The van der Waals surface area contributed by atoms with Crippen LogP contribution in [-0.2, 0) is 16.0 Å². The summed E-state index contributed by atoms with van der Waals surface area (Å²) in [5, 5.41) is 9.28. The van der Waals surface area contributed by atoms with Crippen LogP contribution in [-0.4, -0.2) is 17.7 Å². The van der Waals surface area contributed by atoms with E-state index in [1.807, 2.05) is 12.1 Å². The number of hydrogen-bond acceptors (Lipinski definition) is 3. The van der Waals surface area contributed by atoms with Gasteiger partial charge in [0.2, 0.25) is 0 Å². The molecule has 0 aromatic heterocycles. The molecule has 0 bridgehead atoms. The SMILES string of the molecule is CCCCCCCCCCCCCCCCCCCCCCCC(=O)OCCc1ccc(O)cc1. The maximum atomic E-state index is 11.8. The summed E-state index contributed by atoms with van der Waals surface area (Å²) in [6.07, 6.45) is 30.1. The molecule has 1 N–H and O–H groups in total. The maximum Gasteiger partial charge on any atom is 0.305 e. The number of unbranched alkanes of at least 4 members (excludes halogenated alkanes) is 20. The molecule has 0 radical (unpaired) electrons. The van der Waals surface area contributed by atoms with E-state index in [9.17, 15) is 9.90 Å². The second kappa shape index (κ2) is 24.2. The Morgan fingerprint density at radius 1 is 0.600 bits per heavy atom. The summed E-state index contributed by atoms with van der Waals surface area (Å²) in [6, 6.07) is 7.05. The third-order valence-electron chi connectivity index (χ3n) is 7.07. The molecule has 3 heteroatoms. The third kappa shape index (κ3) is 21.5. The molecule has 1 aromatic rings. The van der Waals surface area contributed by atoms with Crippen LogP contribution < -0.4 is 0 Å². The van der Waals surface area contributed by atoms with Gasteiger partial charge in [0.1, 0.15) is 5.75 Å². The number of phenolic OH excluding ortho intramolecular Hbond substituents is 1. The molecule has 0 heterocycles. The number of aromatic hydroxyl groups is 1. The Hall–Kier alpha value is -1.51. The highest BCUT2D eigenvalue weighted by molar-refractivity contribution is 5.69. The van der Waals surface area contributed by atoms with Crippen LogP contribution in [0, 0.1) is 0 Å². The molecule has 0 amide bonds. The van der Waals surface area contributed by atoms with Crippen LogP contribution in [0.4, 0.5) is 0 Å². The molecule has 202 valence electrons. The molecule has 35 heavy (non-hydrogen) atoms. The van der Waals surface area contributed by atoms with Gasteiger partial charge in [-0.1, -0.05) is 147 Å². The predicted octanol–water partition coefficient (Wildman–Crippen LogP) is 10.1. The number of phenols is 1. The summed E-state index contributed by atoms with van der Waals surface area (Å²) < 4.78 is 5.32. The van der Waals surface area contributed by atoms with Gasteiger partial charge >= 0.3 is 5.97 Å². The van der Waals surface area contributed by atoms with Crippen molar-refractivity contribution in [3.05, 3.63) is 29.8 Å². The van der Waals surface area contributed by atoms with Crippen molar-refractivity contribution >= 4 is 5.97 Å². The van der Waals surface area contributed by atoms with E-state index < -0.39 is 0 Å². The van der Waals surface area contributed by atoms with E-state index in [4.69, 9.17) is 4.74 Å². The van der Waals surface area contributed by atoms with E-state index in [0.29, 0.717) is 19.4 Å². The van der Waals surface area contributed by atoms with E-state index in [0.717, 1.165) is 18.4 Å². The molecule has 0 aliphatic rings. The average Bonchev–Trinajstić information content (AvgIpc) is 2.86. The van der Waals surface area contributed by atoms with Gasteiger partial charge in [-0.2, -0.15) is 0 Å². The fourth-order valence-electron chi connectivity index (χ4n) is 4.72. The molecule has 0 spiro atoms. The van der Waals surface area contributed by atoms with Crippen molar-refractivity contribution in [2.24, 2.45) is 0 Å². The number of hydrogen-bond donors (Lipinski definition) is 1. The molecular formula is C32H56O3. The van der Waals surface area contributed by atoms with Gasteiger partial charge in [0, 0.05) is 12.8 Å². The van der Waals surface area contributed by atoms with Gasteiger partial charge in [-0.15, -0.1) is 0 Å². The Morgan fingerprint density at radius 3 is 1.37 bits per heavy atom.